The van der Waals surface area contributed by atoms with E-state index in [0.717, 1.165) is 0 Å². The first kappa shape index (κ1) is 14.9. The highest BCUT2D eigenvalue weighted by molar-refractivity contribution is 6.37. The zero-order valence-electron chi connectivity index (χ0n) is 12.4. The molecule has 1 aliphatic heterocycles. The minimum absolute atomic E-state index is 0.127. The molecule has 0 spiro atoms. The Balaban J connectivity index is 1.71. The number of esters is 1. The summed E-state index contributed by atoms with van der Waals surface area (Å²) in [6.45, 7) is 1.54. The van der Waals surface area contributed by atoms with Crippen LogP contribution in [0.4, 0.5) is 5.69 Å². The molecule has 23 heavy (non-hydrogen) atoms. The Kier molecular flexibility index (Phi) is 4.13. The molecule has 0 fully saturated rings. The summed E-state index contributed by atoms with van der Waals surface area (Å²) in [6, 6.07) is 8.92. The van der Waals surface area contributed by atoms with Crippen molar-refractivity contribution in [2.24, 2.45) is 5.10 Å². The number of carbonyl (C=O) groups excluding carboxylic acids is 2. The zero-order chi connectivity index (χ0) is 16.2. The fourth-order valence-corrected chi connectivity index (χ4v) is 2.08. The van der Waals surface area contributed by atoms with E-state index in [1.54, 1.807) is 31.2 Å². The van der Waals surface area contributed by atoms with Crippen LogP contribution in [0, 0.1) is 6.92 Å². The van der Waals surface area contributed by atoms with Gasteiger partial charge in [-0.25, -0.2) is 9.80 Å². The van der Waals surface area contributed by atoms with Crippen LogP contribution in [-0.4, -0.2) is 27.7 Å². The van der Waals surface area contributed by atoms with Gasteiger partial charge >= 0.3 is 5.97 Å². The average molecular weight is 314 g/mol. The number of para-hydroxylation sites is 1. The number of anilines is 1. The van der Waals surface area contributed by atoms with Gasteiger partial charge in [0.25, 0.3) is 5.89 Å². The smallest absolute Gasteiger partial charge is 0.355 e. The van der Waals surface area contributed by atoms with Crippen LogP contribution >= 0.6 is 0 Å². The lowest BCUT2D eigenvalue weighted by molar-refractivity contribution is -0.137. The molecule has 118 valence electrons. The monoisotopic (exact) mass is 314 g/mol. The van der Waals surface area contributed by atoms with Crippen molar-refractivity contribution in [3.05, 3.63) is 42.0 Å². The molecule has 0 saturated heterocycles. The third-order valence-corrected chi connectivity index (χ3v) is 3.17. The van der Waals surface area contributed by atoms with Gasteiger partial charge < -0.3 is 9.26 Å². The van der Waals surface area contributed by atoms with Gasteiger partial charge in [0.1, 0.15) is 5.71 Å². The van der Waals surface area contributed by atoms with Gasteiger partial charge in [0.05, 0.1) is 5.69 Å². The summed E-state index contributed by atoms with van der Waals surface area (Å²) in [5, 5.41) is 8.94. The summed E-state index contributed by atoms with van der Waals surface area (Å²) in [7, 11) is 0. The lowest BCUT2D eigenvalue weighted by Gasteiger charge is -2.22. The molecule has 0 N–H and O–H groups in total. The van der Waals surface area contributed by atoms with Gasteiger partial charge in [-0.3, -0.25) is 4.79 Å². The molecule has 0 unspecified atom stereocenters. The molecule has 0 radical (unpaired) electrons. The number of rotatable bonds is 4. The molecule has 1 amide bonds. The fourth-order valence-electron chi connectivity index (χ4n) is 2.08. The molecule has 1 aliphatic rings. The van der Waals surface area contributed by atoms with E-state index in [4.69, 9.17) is 9.26 Å². The molecular weight excluding hydrogens is 300 g/mol. The molecule has 0 atom stereocenters. The molecule has 8 nitrogen and oxygen atoms in total. The molecule has 0 saturated carbocycles. The van der Waals surface area contributed by atoms with Gasteiger partial charge in [0.15, 0.2) is 12.4 Å². The Morgan fingerprint density at radius 1 is 1.30 bits per heavy atom. The second-order valence-corrected chi connectivity index (χ2v) is 4.90. The molecule has 0 bridgehead atoms. The summed E-state index contributed by atoms with van der Waals surface area (Å²) in [5.41, 5.74) is 0.791. The second kappa shape index (κ2) is 6.39. The van der Waals surface area contributed by atoms with Crippen LogP contribution in [0.5, 0.6) is 0 Å². The molecule has 1 aromatic heterocycles. The van der Waals surface area contributed by atoms with E-state index in [1.165, 1.54) is 5.01 Å². The highest BCUT2D eigenvalue weighted by Crippen LogP contribution is 2.20. The molecule has 0 aliphatic carbocycles. The van der Waals surface area contributed by atoms with Crippen molar-refractivity contribution in [3.63, 3.8) is 0 Å². The lowest BCUT2D eigenvalue weighted by atomic mass is 10.1. The van der Waals surface area contributed by atoms with E-state index in [2.05, 4.69) is 15.2 Å². The summed E-state index contributed by atoms with van der Waals surface area (Å²) in [6.07, 6.45) is 0.437. The highest BCUT2D eigenvalue weighted by Gasteiger charge is 2.26. The van der Waals surface area contributed by atoms with E-state index in [9.17, 15) is 9.59 Å². The van der Waals surface area contributed by atoms with Crippen LogP contribution in [-0.2, 0) is 20.9 Å². The lowest BCUT2D eigenvalue weighted by Crippen LogP contribution is -2.34. The number of aromatic nitrogens is 2. The number of carbonyl (C=O) groups is 2. The predicted molar refractivity (Wildman–Crippen MR) is 79.4 cm³/mol. The topological polar surface area (TPSA) is 97.9 Å². The Labute approximate surface area is 131 Å². The zero-order valence-corrected chi connectivity index (χ0v) is 12.4. The molecule has 2 heterocycles. The number of hydrazone groups is 1. The normalized spacial score (nSPS) is 14.6. The Morgan fingerprint density at radius 3 is 2.78 bits per heavy atom. The molecule has 2 aromatic rings. The fraction of sp³-hybridized carbons (Fsp3) is 0.267. The summed E-state index contributed by atoms with van der Waals surface area (Å²) >= 11 is 0. The van der Waals surface area contributed by atoms with Crippen molar-refractivity contribution < 1.29 is 18.8 Å². The first-order valence-corrected chi connectivity index (χ1v) is 7.05. The Hall–Kier alpha value is -3.03. The minimum Gasteiger partial charge on any atom is -0.451 e. The number of ether oxygens (including phenoxy) is 1. The van der Waals surface area contributed by atoms with Crippen molar-refractivity contribution in [1.29, 1.82) is 0 Å². The number of hydrogen-bond acceptors (Lipinski definition) is 7. The second-order valence-electron chi connectivity index (χ2n) is 4.90. The molecule has 8 heteroatoms. The van der Waals surface area contributed by atoms with E-state index in [0.29, 0.717) is 11.5 Å². The summed E-state index contributed by atoms with van der Waals surface area (Å²) in [5.74, 6) is -0.0929. The summed E-state index contributed by atoms with van der Waals surface area (Å²) in [4.78, 5) is 28.0. The van der Waals surface area contributed by atoms with Crippen molar-refractivity contribution in [1.82, 2.24) is 10.1 Å². The van der Waals surface area contributed by atoms with Gasteiger partial charge in [0, 0.05) is 12.8 Å². The van der Waals surface area contributed by atoms with Crippen LogP contribution in [0.15, 0.2) is 40.0 Å². The SMILES string of the molecule is Cc1noc(COC(=O)C2=NN(c3ccccc3)C(=O)CC2)n1. The van der Waals surface area contributed by atoms with E-state index < -0.39 is 5.97 Å². The maximum absolute atomic E-state index is 12.1. The molecular formula is C15H14N4O4. The van der Waals surface area contributed by atoms with Crippen molar-refractivity contribution in [2.45, 2.75) is 26.4 Å². The molecule has 1 aromatic carbocycles. The van der Waals surface area contributed by atoms with Gasteiger partial charge in [-0.2, -0.15) is 10.1 Å². The van der Waals surface area contributed by atoms with Crippen molar-refractivity contribution in [2.75, 3.05) is 5.01 Å². The average Bonchev–Trinajstić information content (AvgIpc) is 2.99. The van der Waals surface area contributed by atoms with Crippen LogP contribution in [0.2, 0.25) is 0 Å². The number of aryl methyl sites for hydroxylation is 1. The number of nitrogens with zero attached hydrogens (tertiary/aromatic N) is 4. The first-order valence-electron chi connectivity index (χ1n) is 7.05. The van der Waals surface area contributed by atoms with Crippen molar-refractivity contribution in [3.8, 4) is 0 Å². The third-order valence-electron chi connectivity index (χ3n) is 3.17. The third kappa shape index (κ3) is 3.42. The quantitative estimate of drug-likeness (QED) is 0.795. The van der Waals surface area contributed by atoms with Crippen LogP contribution in [0.1, 0.15) is 24.6 Å². The largest absolute Gasteiger partial charge is 0.451 e. The van der Waals surface area contributed by atoms with Gasteiger partial charge in [-0.15, -0.1) is 0 Å². The number of benzene rings is 1. The van der Waals surface area contributed by atoms with Gasteiger partial charge in [0.2, 0.25) is 5.91 Å². The van der Waals surface area contributed by atoms with Gasteiger partial charge in [-0.1, -0.05) is 23.4 Å². The standard InChI is InChI=1S/C15H14N4O4/c1-10-16-13(23-18-10)9-22-15(21)12-7-8-14(20)19(17-12)11-5-3-2-4-6-11/h2-6H,7-9H2,1H3. The van der Waals surface area contributed by atoms with E-state index in [-0.39, 0.29) is 37.0 Å². The maximum atomic E-state index is 12.1. The summed E-state index contributed by atoms with van der Waals surface area (Å²) < 4.78 is 9.96. The van der Waals surface area contributed by atoms with E-state index in [1.807, 2.05) is 6.07 Å². The predicted octanol–water partition coefficient (Wildman–Crippen LogP) is 1.60. The highest BCUT2D eigenvalue weighted by atomic mass is 16.6. The molecule has 3 rings (SSSR count). The Morgan fingerprint density at radius 2 is 2.09 bits per heavy atom. The minimum atomic E-state index is -0.603. The first-order chi connectivity index (χ1) is 11.1. The van der Waals surface area contributed by atoms with Crippen LogP contribution in [0.3, 0.4) is 0 Å². The number of amides is 1. The van der Waals surface area contributed by atoms with Crippen LogP contribution in [0.25, 0.3) is 0 Å². The number of hydrogen-bond donors (Lipinski definition) is 0. The van der Waals surface area contributed by atoms with Crippen LogP contribution < -0.4 is 5.01 Å². The maximum Gasteiger partial charge on any atom is 0.355 e. The van der Waals surface area contributed by atoms with Gasteiger partial charge in [-0.05, 0) is 19.1 Å². The van der Waals surface area contributed by atoms with E-state index >= 15 is 0 Å². The Bertz CT molecular complexity index is 754. The van der Waals surface area contributed by atoms with Crippen molar-refractivity contribution >= 4 is 23.3 Å².